The Morgan fingerprint density at radius 2 is 1.71 bits per heavy atom. The van der Waals surface area contributed by atoms with E-state index in [9.17, 15) is 13.2 Å². The Morgan fingerprint density at radius 3 is 2.33 bits per heavy atom. The van der Waals surface area contributed by atoms with Gasteiger partial charge in [-0.15, -0.1) is 0 Å². The molecule has 0 N–H and O–H groups in total. The normalized spacial score (nSPS) is 14.8. The third kappa shape index (κ3) is 2.73. The molecule has 0 atom stereocenters. The van der Waals surface area contributed by atoms with E-state index in [2.05, 4.69) is 13.8 Å². The highest BCUT2D eigenvalue weighted by Gasteiger charge is 2.33. The summed E-state index contributed by atoms with van der Waals surface area (Å²) < 4.78 is 27.6. The van der Waals surface area contributed by atoms with E-state index in [1.165, 1.54) is 4.31 Å². The topological polar surface area (TPSA) is 54.5 Å². The lowest BCUT2D eigenvalue weighted by Gasteiger charge is -2.31. The van der Waals surface area contributed by atoms with Gasteiger partial charge in [-0.2, -0.15) is 0 Å². The van der Waals surface area contributed by atoms with E-state index in [1.807, 2.05) is 25.1 Å². The number of hydrogen-bond donors (Lipinski definition) is 0. The fraction of sp³-hybridized carbons (Fsp3) is 0.316. The number of carbonyl (C=O) groups excluding carboxylic acids is 1. The van der Waals surface area contributed by atoms with Gasteiger partial charge >= 0.3 is 0 Å². The zero-order valence-electron chi connectivity index (χ0n) is 14.1. The van der Waals surface area contributed by atoms with Crippen LogP contribution < -0.4 is 4.31 Å². The Labute approximate surface area is 143 Å². The number of rotatable bonds is 3. The Kier molecular flexibility index (Phi) is 4.22. The minimum Gasteiger partial charge on any atom is -0.294 e. The van der Waals surface area contributed by atoms with Gasteiger partial charge in [0.25, 0.3) is 10.0 Å². The second kappa shape index (κ2) is 6.06. The summed E-state index contributed by atoms with van der Waals surface area (Å²) in [7, 11) is -3.68. The lowest BCUT2D eigenvalue weighted by molar-refractivity contribution is 0.0982. The van der Waals surface area contributed by atoms with Gasteiger partial charge in [-0.25, -0.2) is 8.42 Å². The number of fused-ring (bicyclic) bond motifs is 1. The van der Waals surface area contributed by atoms with Gasteiger partial charge in [-0.1, -0.05) is 38.1 Å². The third-order valence-electron chi connectivity index (χ3n) is 4.46. The maximum absolute atomic E-state index is 13.1. The number of sulfonamides is 1. The van der Waals surface area contributed by atoms with E-state index in [1.54, 1.807) is 24.3 Å². The first-order valence-electron chi connectivity index (χ1n) is 8.08. The van der Waals surface area contributed by atoms with Gasteiger partial charge in [-0.3, -0.25) is 9.10 Å². The van der Waals surface area contributed by atoms with Crippen molar-refractivity contribution < 1.29 is 13.2 Å². The molecule has 1 aliphatic heterocycles. The van der Waals surface area contributed by atoms with Gasteiger partial charge in [0.05, 0.1) is 10.6 Å². The quantitative estimate of drug-likeness (QED) is 0.849. The molecule has 2 aromatic carbocycles. The molecule has 0 amide bonds. The largest absolute Gasteiger partial charge is 0.294 e. The summed E-state index contributed by atoms with van der Waals surface area (Å²) in [6.45, 7) is 6.16. The number of nitrogens with zero attached hydrogens (tertiary/aromatic N) is 1. The van der Waals surface area contributed by atoms with Crippen LogP contribution >= 0.6 is 0 Å². The van der Waals surface area contributed by atoms with Crippen LogP contribution in [0.1, 0.15) is 47.7 Å². The summed E-state index contributed by atoms with van der Waals surface area (Å²) in [6, 6.07) is 12.3. The van der Waals surface area contributed by atoms with E-state index in [-0.39, 0.29) is 23.6 Å². The van der Waals surface area contributed by atoms with E-state index < -0.39 is 10.0 Å². The Morgan fingerprint density at radius 1 is 1.04 bits per heavy atom. The Bertz CT molecular complexity index is 883. The summed E-state index contributed by atoms with van der Waals surface area (Å²) in [4.78, 5) is 12.4. The zero-order chi connectivity index (χ0) is 17.5. The van der Waals surface area contributed by atoms with Crippen LogP contribution in [0.4, 0.5) is 5.69 Å². The van der Waals surface area contributed by atoms with Crippen LogP contribution in [-0.4, -0.2) is 20.7 Å². The lowest BCUT2D eigenvalue weighted by Crippen LogP contribution is -2.38. The summed E-state index contributed by atoms with van der Waals surface area (Å²) in [6.07, 6.45) is 0.208. The van der Waals surface area contributed by atoms with Crippen LogP contribution in [0.2, 0.25) is 0 Å². The van der Waals surface area contributed by atoms with E-state index in [0.717, 1.165) is 11.1 Å². The number of anilines is 1. The van der Waals surface area contributed by atoms with E-state index in [0.29, 0.717) is 17.2 Å². The van der Waals surface area contributed by atoms with Crippen molar-refractivity contribution in [2.24, 2.45) is 0 Å². The predicted octanol–water partition coefficient (Wildman–Crippen LogP) is 3.90. The average molecular weight is 343 g/mol. The van der Waals surface area contributed by atoms with Crippen molar-refractivity contribution >= 4 is 21.5 Å². The first kappa shape index (κ1) is 16.7. The molecule has 0 saturated heterocycles. The molecule has 3 rings (SSSR count). The summed E-state index contributed by atoms with van der Waals surface area (Å²) in [5.41, 5.74) is 2.90. The molecule has 4 nitrogen and oxygen atoms in total. The monoisotopic (exact) mass is 343 g/mol. The molecule has 0 radical (unpaired) electrons. The van der Waals surface area contributed by atoms with Crippen LogP contribution in [0, 0.1) is 6.92 Å². The smallest absolute Gasteiger partial charge is 0.264 e. The SMILES string of the molecule is Cc1cccc2c1N(S(=O)(=O)c1ccc(C(C)C)cc1)CCC2=O. The van der Waals surface area contributed by atoms with Gasteiger partial charge in [-0.05, 0) is 42.2 Å². The highest BCUT2D eigenvalue weighted by Crippen LogP contribution is 2.34. The number of Topliss-reactive ketones (excluding diaryl/α,β-unsaturated/α-hetero) is 1. The molecule has 0 aliphatic carbocycles. The third-order valence-corrected chi connectivity index (χ3v) is 6.28. The van der Waals surface area contributed by atoms with Crippen LogP contribution in [0.15, 0.2) is 47.4 Å². The highest BCUT2D eigenvalue weighted by molar-refractivity contribution is 7.92. The molecule has 24 heavy (non-hydrogen) atoms. The molecule has 0 fully saturated rings. The van der Waals surface area contributed by atoms with Gasteiger partial charge in [0.1, 0.15) is 0 Å². The Balaban J connectivity index is 2.08. The molecule has 1 heterocycles. The summed E-state index contributed by atoms with van der Waals surface area (Å²) in [5, 5.41) is 0. The maximum atomic E-state index is 13.1. The summed E-state index contributed by atoms with van der Waals surface area (Å²) >= 11 is 0. The average Bonchev–Trinajstić information content (AvgIpc) is 2.56. The minimum absolute atomic E-state index is 0.00435. The lowest BCUT2D eigenvalue weighted by atomic mass is 9.99. The molecular weight excluding hydrogens is 322 g/mol. The molecule has 1 aliphatic rings. The fourth-order valence-electron chi connectivity index (χ4n) is 3.06. The number of hydrogen-bond acceptors (Lipinski definition) is 3. The van der Waals surface area contributed by atoms with Gasteiger partial charge < -0.3 is 0 Å². The standard InChI is InChI=1S/C19H21NO3S/c1-13(2)15-7-9-16(10-8-15)24(22,23)20-12-11-18(21)17-6-4-5-14(3)19(17)20/h4-10,13H,11-12H2,1-3H3. The molecule has 126 valence electrons. The van der Waals surface area contributed by atoms with Crippen molar-refractivity contribution in [1.29, 1.82) is 0 Å². The molecule has 2 aromatic rings. The zero-order valence-corrected chi connectivity index (χ0v) is 14.9. The molecule has 5 heteroatoms. The van der Waals surface area contributed by atoms with Crippen molar-refractivity contribution in [2.75, 3.05) is 10.8 Å². The van der Waals surface area contributed by atoms with Crippen LogP contribution in [0.3, 0.4) is 0 Å². The van der Waals surface area contributed by atoms with Gasteiger partial charge in [0.15, 0.2) is 5.78 Å². The number of para-hydroxylation sites is 1. The highest BCUT2D eigenvalue weighted by atomic mass is 32.2. The predicted molar refractivity (Wildman–Crippen MR) is 95.2 cm³/mol. The first-order chi connectivity index (χ1) is 11.3. The van der Waals surface area contributed by atoms with Crippen molar-refractivity contribution in [3.8, 4) is 0 Å². The maximum Gasteiger partial charge on any atom is 0.264 e. The molecule has 0 aromatic heterocycles. The molecular formula is C19H21NO3S. The van der Waals surface area contributed by atoms with Gasteiger partial charge in [0.2, 0.25) is 0 Å². The Hall–Kier alpha value is -2.14. The van der Waals surface area contributed by atoms with Crippen molar-refractivity contribution in [3.63, 3.8) is 0 Å². The number of aryl methyl sites for hydroxylation is 1. The van der Waals surface area contributed by atoms with Crippen LogP contribution in [0.25, 0.3) is 0 Å². The molecule has 0 unspecified atom stereocenters. The fourth-order valence-corrected chi connectivity index (χ4v) is 4.61. The van der Waals surface area contributed by atoms with Crippen molar-refractivity contribution in [1.82, 2.24) is 0 Å². The van der Waals surface area contributed by atoms with Crippen LogP contribution in [0.5, 0.6) is 0 Å². The number of carbonyl (C=O) groups is 1. The van der Waals surface area contributed by atoms with E-state index >= 15 is 0 Å². The number of benzene rings is 2. The molecule has 0 saturated carbocycles. The van der Waals surface area contributed by atoms with Crippen molar-refractivity contribution in [2.45, 2.75) is 38.0 Å². The second-order valence-corrected chi connectivity index (χ2v) is 8.31. The first-order valence-corrected chi connectivity index (χ1v) is 9.52. The molecule has 0 spiro atoms. The van der Waals surface area contributed by atoms with Gasteiger partial charge in [0, 0.05) is 18.5 Å². The summed E-state index contributed by atoms with van der Waals surface area (Å²) in [5.74, 6) is 0.340. The molecule has 0 bridgehead atoms. The van der Waals surface area contributed by atoms with E-state index in [4.69, 9.17) is 0 Å². The van der Waals surface area contributed by atoms with Crippen molar-refractivity contribution in [3.05, 3.63) is 59.2 Å². The second-order valence-electron chi connectivity index (χ2n) is 6.45. The minimum atomic E-state index is -3.68. The van der Waals surface area contributed by atoms with Crippen LogP contribution in [-0.2, 0) is 10.0 Å². The number of ketones is 1.